The zero-order valence-electron chi connectivity index (χ0n) is 10.8. The highest BCUT2D eigenvalue weighted by atomic mass is 15.1. The van der Waals surface area contributed by atoms with Crippen LogP contribution in [0.2, 0.25) is 0 Å². The van der Waals surface area contributed by atoms with Gasteiger partial charge in [-0.25, -0.2) is 4.98 Å². The normalized spacial score (nSPS) is 14.5. The Hall–Kier alpha value is -1.77. The summed E-state index contributed by atoms with van der Waals surface area (Å²) < 4.78 is 2.36. The number of aromatic nitrogens is 2. The molecule has 0 radical (unpaired) electrons. The van der Waals surface area contributed by atoms with Crippen molar-refractivity contribution in [3.63, 3.8) is 0 Å². The lowest BCUT2D eigenvalue weighted by molar-refractivity contribution is 0.624. The summed E-state index contributed by atoms with van der Waals surface area (Å²) in [5.41, 5.74) is 10.6. The summed E-state index contributed by atoms with van der Waals surface area (Å²) in [5, 5.41) is 0. The molecule has 0 bridgehead atoms. The van der Waals surface area contributed by atoms with Gasteiger partial charge in [0.05, 0.1) is 5.69 Å². The SMILES string of the molecule is Cc1nc2c(n1Cc1ccc(N)cc1)CCCC2. The smallest absolute Gasteiger partial charge is 0.106 e. The summed E-state index contributed by atoms with van der Waals surface area (Å²) in [6.45, 7) is 3.02. The maximum absolute atomic E-state index is 5.72. The topological polar surface area (TPSA) is 43.8 Å². The zero-order chi connectivity index (χ0) is 12.5. The maximum Gasteiger partial charge on any atom is 0.106 e. The number of fused-ring (bicyclic) bond motifs is 1. The molecular weight excluding hydrogens is 222 g/mol. The van der Waals surface area contributed by atoms with Crippen molar-refractivity contribution in [2.75, 3.05) is 5.73 Å². The van der Waals surface area contributed by atoms with Gasteiger partial charge in [-0.2, -0.15) is 0 Å². The minimum Gasteiger partial charge on any atom is -0.399 e. The van der Waals surface area contributed by atoms with Crippen LogP contribution in [0, 0.1) is 6.92 Å². The van der Waals surface area contributed by atoms with Crippen molar-refractivity contribution < 1.29 is 0 Å². The fourth-order valence-corrected chi connectivity index (χ4v) is 2.75. The van der Waals surface area contributed by atoms with Crippen LogP contribution in [-0.2, 0) is 19.4 Å². The molecule has 2 aromatic rings. The fraction of sp³-hybridized carbons (Fsp3) is 0.400. The number of nitrogens with two attached hydrogens (primary N) is 1. The molecular formula is C15H19N3. The molecule has 3 rings (SSSR count). The van der Waals surface area contributed by atoms with Crippen molar-refractivity contribution in [3.8, 4) is 0 Å². The Balaban J connectivity index is 1.92. The number of rotatable bonds is 2. The van der Waals surface area contributed by atoms with Crippen LogP contribution in [0.4, 0.5) is 5.69 Å². The Morgan fingerprint density at radius 2 is 1.89 bits per heavy atom. The number of nitrogen functional groups attached to an aromatic ring is 1. The van der Waals surface area contributed by atoms with E-state index in [1.54, 1.807) is 0 Å². The molecule has 0 amide bonds. The van der Waals surface area contributed by atoms with E-state index in [0.717, 1.165) is 24.5 Å². The third-order valence-corrected chi connectivity index (χ3v) is 3.74. The molecule has 0 saturated heterocycles. The Labute approximate surface area is 108 Å². The quantitative estimate of drug-likeness (QED) is 0.821. The molecule has 0 fully saturated rings. The number of imidazole rings is 1. The highest BCUT2D eigenvalue weighted by molar-refractivity contribution is 5.39. The van der Waals surface area contributed by atoms with Gasteiger partial charge in [-0.1, -0.05) is 12.1 Å². The number of anilines is 1. The van der Waals surface area contributed by atoms with Gasteiger partial charge >= 0.3 is 0 Å². The van der Waals surface area contributed by atoms with Crippen LogP contribution in [0.3, 0.4) is 0 Å². The molecule has 0 unspecified atom stereocenters. The fourth-order valence-electron chi connectivity index (χ4n) is 2.75. The minimum absolute atomic E-state index is 0.822. The molecule has 0 aliphatic heterocycles. The number of hydrogen-bond acceptors (Lipinski definition) is 2. The van der Waals surface area contributed by atoms with Crippen molar-refractivity contribution in [1.82, 2.24) is 9.55 Å². The van der Waals surface area contributed by atoms with Gasteiger partial charge in [-0.15, -0.1) is 0 Å². The summed E-state index contributed by atoms with van der Waals surface area (Å²) >= 11 is 0. The van der Waals surface area contributed by atoms with Gasteiger partial charge in [0.25, 0.3) is 0 Å². The summed E-state index contributed by atoms with van der Waals surface area (Å²) in [7, 11) is 0. The van der Waals surface area contributed by atoms with E-state index in [4.69, 9.17) is 10.7 Å². The molecule has 1 aromatic carbocycles. The van der Waals surface area contributed by atoms with Crippen molar-refractivity contribution in [1.29, 1.82) is 0 Å². The lowest BCUT2D eigenvalue weighted by Crippen LogP contribution is -2.10. The minimum atomic E-state index is 0.822. The second-order valence-electron chi connectivity index (χ2n) is 5.09. The van der Waals surface area contributed by atoms with Gasteiger partial charge < -0.3 is 10.3 Å². The molecule has 1 aliphatic rings. The van der Waals surface area contributed by atoms with Crippen molar-refractivity contribution in [3.05, 3.63) is 47.0 Å². The molecule has 18 heavy (non-hydrogen) atoms. The van der Waals surface area contributed by atoms with Crippen LogP contribution < -0.4 is 5.73 Å². The highest BCUT2D eigenvalue weighted by Gasteiger charge is 2.17. The highest BCUT2D eigenvalue weighted by Crippen LogP contribution is 2.23. The monoisotopic (exact) mass is 241 g/mol. The third-order valence-electron chi connectivity index (χ3n) is 3.74. The molecule has 1 heterocycles. The average Bonchev–Trinajstić information content (AvgIpc) is 2.69. The molecule has 2 N–H and O–H groups in total. The van der Waals surface area contributed by atoms with E-state index < -0.39 is 0 Å². The summed E-state index contributed by atoms with van der Waals surface area (Å²) in [5.74, 6) is 1.14. The van der Waals surface area contributed by atoms with E-state index in [9.17, 15) is 0 Å². The molecule has 3 heteroatoms. The predicted octanol–water partition coefficient (Wildman–Crippen LogP) is 2.70. The molecule has 1 aromatic heterocycles. The van der Waals surface area contributed by atoms with Gasteiger partial charge in [-0.05, 0) is 50.3 Å². The lowest BCUT2D eigenvalue weighted by atomic mass is 10.0. The van der Waals surface area contributed by atoms with Crippen LogP contribution in [0.1, 0.15) is 35.6 Å². The van der Waals surface area contributed by atoms with Crippen LogP contribution in [0.15, 0.2) is 24.3 Å². The van der Waals surface area contributed by atoms with Crippen molar-refractivity contribution in [2.45, 2.75) is 39.2 Å². The Morgan fingerprint density at radius 1 is 1.17 bits per heavy atom. The van der Waals surface area contributed by atoms with E-state index in [1.807, 2.05) is 12.1 Å². The summed E-state index contributed by atoms with van der Waals surface area (Å²) in [6.07, 6.45) is 4.89. The van der Waals surface area contributed by atoms with E-state index in [-0.39, 0.29) is 0 Å². The molecule has 0 spiro atoms. The molecule has 0 saturated carbocycles. The summed E-state index contributed by atoms with van der Waals surface area (Å²) in [4.78, 5) is 4.70. The zero-order valence-corrected chi connectivity index (χ0v) is 10.8. The van der Waals surface area contributed by atoms with Crippen LogP contribution in [-0.4, -0.2) is 9.55 Å². The van der Waals surface area contributed by atoms with Crippen LogP contribution in [0.25, 0.3) is 0 Å². The first-order valence-corrected chi connectivity index (χ1v) is 6.63. The summed E-state index contributed by atoms with van der Waals surface area (Å²) in [6, 6.07) is 8.13. The standard InChI is InChI=1S/C15H19N3/c1-11-17-14-4-2-3-5-15(14)18(11)10-12-6-8-13(16)9-7-12/h6-9H,2-5,10,16H2,1H3. The molecule has 3 nitrogen and oxygen atoms in total. The first-order chi connectivity index (χ1) is 8.74. The van der Waals surface area contributed by atoms with Gasteiger partial charge in [-0.3, -0.25) is 0 Å². The lowest BCUT2D eigenvalue weighted by Gasteiger charge is -2.15. The third kappa shape index (κ3) is 2.01. The second kappa shape index (κ2) is 4.48. The van der Waals surface area contributed by atoms with Crippen LogP contribution >= 0.6 is 0 Å². The molecule has 94 valence electrons. The Morgan fingerprint density at radius 3 is 2.67 bits per heavy atom. The first kappa shape index (κ1) is 11.3. The van der Waals surface area contributed by atoms with E-state index >= 15 is 0 Å². The molecule has 0 atom stereocenters. The van der Waals surface area contributed by atoms with E-state index in [0.29, 0.717) is 0 Å². The number of hydrogen-bond donors (Lipinski definition) is 1. The molecule has 1 aliphatic carbocycles. The van der Waals surface area contributed by atoms with Gasteiger partial charge in [0.15, 0.2) is 0 Å². The first-order valence-electron chi connectivity index (χ1n) is 6.63. The van der Waals surface area contributed by atoms with Crippen molar-refractivity contribution in [2.24, 2.45) is 0 Å². The number of aryl methyl sites for hydroxylation is 2. The van der Waals surface area contributed by atoms with Gasteiger partial charge in [0.1, 0.15) is 5.82 Å². The predicted molar refractivity (Wildman–Crippen MR) is 73.6 cm³/mol. The Kier molecular flexibility index (Phi) is 2.82. The largest absolute Gasteiger partial charge is 0.399 e. The van der Waals surface area contributed by atoms with E-state index in [1.165, 1.54) is 36.2 Å². The average molecular weight is 241 g/mol. The number of benzene rings is 1. The Bertz CT molecular complexity index is 552. The van der Waals surface area contributed by atoms with Gasteiger partial charge in [0.2, 0.25) is 0 Å². The van der Waals surface area contributed by atoms with E-state index in [2.05, 4.69) is 23.6 Å². The van der Waals surface area contributed by atoms with Crippen LogP contribution in [0.5, 0.6) is 0 Å². The number of nitrogens with zero attached hydrogens (tertiary/aromatic N) is 2. The second-order valence-corrected chi connectivity index (χ2v) is 5.09. The van der Waals surface area contributed by atoms with Crippen molar-refractivity contribution >= 4 is 5.69 Å². The maximum atomic E-state index is 5.72. The van der Waals surface area contributed by atoms with Gasteiger partial charge in [0, 0.05) is 17.9 Å².